The van der Waals surface area contributed by atoms with Crippen LogP contribution in [0.15, 0.2) is 0 Å². The Balaban J connectivity index is 1.97. The van der Waals surface area contributed by atoms with Gasteiger partial charge in [0.25, 0.3) is 0 Å². The monoisotopic (exact) mass is 245 g/mol. The molecule has 1 rings (SSSR count). The van der Waals surface area contributed by atoms with Crippen LogP contribution in [0.5, 0.6) is 0 Å². The van der Waals surface area contributed by atoms with E-state index in [9.17, 15) is 9.59 Å². The molecule has 1 N–H and O–H groups in total. The van der Waals surface area contributed by atoms with Crippen LogP contribution in [-0.2, 0) is 14.3 Å². The van der Waals surface area contributed by atoms with Crippen molar-refractivity contribution in [3.63, 3.8) is 0 Å². The van der Waals surface area contributed by atoms with Crippen LogP contribution in [0.2, 0.25) is 0 Å². The summed E-state index contributed by atoms with van der Waals surface area (Å²) in [6, 6.07) is 0.437. The lowest BCUT2D eigenvalue weighted by atomic mass is 10.2. The molecule has 0 aromatic carbocycles. The molecule has 1 amide bonds. The number of nitrogens with one attached hydrogen (secondary N) is 1. The van der Waals surface area contributed by atoms with E-state index in [0.29, 0.717) is 18.2 Å². The number of hydrogen-bond acceptors (Lipinski definition) is 4. The minimum Gasteiger partial charge on any atom is -0.469 e. The van der Waals surface area contributed by atoms with Gasteiger partial charge in [-0.2, -0.15) is 11.8 Å². The van der Waals surface area contributed by atoms with Gasteiger partial charge in [0.1, 0.15) is 0 Å². The molecule has 0 aromatic rings. The first-order valence-electron chi connectivity index (χ1n) is 5.58. The van der Waals surface area contributed by atoms with Crippen LogP contribution < -0.4 is 5.32 Å². The Labute approximate surface area is 100 Å². The molecule has 0 spiro atoms. The van der Waals surface area contributed by atoms with Crippen molar-refractivity contribution < 1.29 is 14.3 Å². The maximum Gasteiger partial charge on any atom is 0.309 e. The first-order valence-corrected chi connectivity index (χ1v) is 6.74. The highest BCUT2D eigenvalue weighted by Crippen LogP contribution is 2.19. The minimum absolute atomic E-state index is 0.0958. The second-order valence-corrected chi connectivity index (χ2v) is 5.24. The molecular formula is C11H19NO3S. The van der Waals surface area contributed by atoms with E-state index in [1.54, 1.807) is 11.8 Å². The quantitative estimate of drug-likeness (QED) is 0.541. The summed E-state index contributed by atoms with van der Waals surface area (Å²) >= 11 is 1.62. The number of thioether (sulfide) groups is 1. The molecule has 1 saturated carbocycles. The third-order valence-corrected chi connectivity index (χ3v) is 3.62. The van der Waals surface area contributed by atoms with Crippen LogP contribution in [0.1, 0.15) is 26.2 Å². The average Bonchev–Trinajstić information content (AvgIpc) is 3.06. The van der Waals surface area contributed by atoms with Gasteiger partial charge >= 0.3 is 5.97 Å². The van der Waals surface area contributed by atoms with Gasteiger partial charge in [-0.3, -0.25) is 9.59 Å². The van der Waals surface area contributed by atoms with Gasteiger partial charge in [-0.1, -0.05) is 6.92 Å². The fourth-order valence-electron chi connectivity index (χ4n) is 1.22. The second-order valence-electron chi connectivity index (χ2n) is 4.09. The molecule has 16 heavy (non-hydrogen) atoms. The van der Waals surface area contributed by atoms with Crippen LogP contribution in [0, 0.1) is 5.92 Å². The molecule has 0 radical (unpaired) electrons. The van der Waals surface area contributed by atoms with Gasteiger partial charge in [0.2, 0.25) is 5.91 Å². The topological polar surface area (TPSA) is 55.4 Å². The van der Waals surface area contributed by atoms with Crippen molar-refractivity contribution in [1.29, 1.82) is 0 Å². The number of carbonyl (C=O) groups excluding carboxylic acids is 2. The van der Waals surface area contributed by atoms with E-state index in [4.69, 9.17) is 0 Å². The van der Waals surface area contributed by atoms with Crippen molar-refractivity contribution in [2.45, 2.75) is 32.2 Å². The Morgan fingerprint density at radius 3 is 2.75 bits per heavy atom. The lowest BCUT2D eigenvalue weighted by Gasteiger charge is -2.08. The number of rotatable bonds is 7. The van der Waals surface area contributed by atoms with Gasteiger partial charge in [0.15, 0.2) is 0 Å². The highest BCUT2D eigenvalue weighted by atomic mass is 32.2. The highest BCUT2D eigenvalue weighted by Gasteiger charge is 2.22. The third-order valence-electron chi connectivity index (χ3n) is 2.39. The van der Waals surface area contributed by atoms with Crippen molar-refractivity contribution >= 4 is 23.6 Å². The Kier molecular flexibility index (Phi) is 5.66. The molecule has 1 fully saturated rings. The van der Waals surface area contributed by atoms with E-state index in [1.807, 2.05) is 6.92 Å². The van der Waals surface area contributed by atoms with Crippen LogP contribution in [0.3, 0.4) is 0 Å². The average molecular weight is 245 g/mol. The van der Waals surface area contributed by atoms with Crippen molar-refractivity contribution in [3.8, 4) is 0 Å². The van der Waals surface area contributed by atoms with E-state index in [2.05, 4.69) is 10.1 Å². The van der Waals surface area contributed by atoms with Crippen molar-refractivity contribution in [2.24, 2.45) is 5.92 Å². The fraction of sp³-hybridized carbons (Fsp3) is 0.818. The summed E-state index contributed by atoms with van der Waals surface area (Å²) < 4.78 is 4.62. The molecule has 4 nitrogen and oxygen atoms in total. The van der Waals surface area contributed by atoms with Crippen molar-refractivity contribution in [3.05, 3.63) is 0 Å². The van der Waals surface area contributed by atoms with E-state index in [0.717, 1.165) is 18.6 Å². The molecule has 1 aliphatic carbocycles. The SMILES string of the molecule is COC(=O)C(C)CSCCC(=O)NC1CC1. The number of amides is 1. The molecular weight excluding hydrogens is 226 g/mol. The zero-order chi connectivity index (χ0) is 12.0. The van der Waals surface area contributed by atoms with Crippen molar-refractivity contribution in [2.75, 3.05) is 18.6 Å². The second kappa shape index (κ2) is 6.78. The molecule has 0 bridgehead atoms. The maximum absolute atomic E-state index is 11.3. The lowest BCUT2D eigenvalue weighted by molar-refractivity contribution is -0.144. The fourth-order valence-corrected chi connectivity index (χ4v) is 2.21. The number of esters is 1. The smallest absolute Gasteiger partial charge is 0.309 e. The molecule has 5 heteroatoms. The number of ether oxygens (including phenoxy) is 1. The molecule has 0 saturated heterocycles. The van der Waals surface area contributed by atoms with Gasteiger partial charge in [-0.05, 0) is 12.8 Å². The van der Waals surface area contributed by atoms with Crippen molar-refractivity contribution in [1.82, 2.24) is 5.32 Å². The van der Waals surface area contributed by atoms with Gasteiger partial charge in [0.05, 0.1) is 13.0 Å². The lowest BCUT2D eigenvalue weighted by Crippen LogP contribution is -2.25. The Hall–Kier alpha value is -0.710. The van der Waals surface area contributed by atoms with Crippen LogP contribution in [-0.4, -0.2) is 36.5 Å². The van der Waals surface area contributed by atoms with E-state index >= 15 is 0 Å². The number of carbonyl (C=O) groups is 2. The summed E-state index contributed by atoms with van der Waals surface area (Å²) in [6.45, 7) is 1.84. The highest BCUT2D eigenvalue weighted by molar-refractivity contribution is 7.99. The van der Waals surface area contributed by atoms with E-state index < -0.39 is 0 Å². The molecule has 0 heterocycles. The summed E-state index contributed by atoms with van der Waals surface area (Å²) in [5.74, 6) is 1.32. The summed E-state index contributed by atoms with van der Waals surface area (Å²) in [5.41, 5.74) is 0. The summed E-state index contributed by atoms with van der Waals surface area (Å²) in [5, 5.41) is 2.93. The predicted molar refractivity (Wildman–Crippen MR) is 64.3 cm³/mol. The zero-order valence-corrected chi connectivity index (χ0v) is 10.6. The molecule has 0 aromatic heterocycles. The summed E-state index contributed by atoms with van der Waals surface area (Å²) in [6.07, 6.45) is 2.78. The van der Waals surface area contributed by atoms with E-state index in [1.165, 1.54) is 7.11 Å². The first-order chi connectivity index (χ1) is 7.63. The van der Waals surface area contributed by atoms with Crippen LogP contribution >= 0.6 is 11.8 Å². The number of methoxy groups -OCH3 is 1. The largest absolute Gasteiger partial charge is 0.469 e. The molecule has 1 aliphatic rings. The maximum atomic E-state index is 11.3. The molecule has 0 aliphatic heterocycles. The Morgan fingerprint density at radius 2 is 2.19 bits per heavy atom. The standard InChI is InChI=1S/C11H19NO3S/c1-8(11(14)15-2)7-16-6-5-10(13)12-9-3-4-9/h8-9H,3-7H2,1-2H3,(H,12,13). The Morgan fingerprint density at radius 1 is 1.50 bits per heavy atom. The van der Waals surface area contributed by atoms with Gasteiger partial charge < -0.3 is 10.1 Å². The summed E-state index contributed by atoms with van der Waals surface area (Å²) in [7, 11) is 1.40. The zero-order valence-electron chi connectivity index (χ0n) is 9.82. The molecule has 1 unspecified atom stereocenters. The molecule has 92 valence electrons. The summed E-state index contributed by atoms with van der Waals surface area (Å²) in [4.78, 5) is 22.4. The van der Waals surface area contributed by atoms with Gasteiger partial charge in [0, 0.05) is 24.0 Å². The van der Waals surface area contributed by atoms with Gasteiger partial charge in [-0.25, -0.2) is 0 Å². The van der Waals surface area contributed by atoms with E-state index in [-0.39, 0.29) is 17.8 Å². The predicted octanol–water partition coefficient (Wildman–Crippen LogP) is 1.20. The normalized spacial score (nSPS) is 16.6. The van der Waals surface area contributed by atoms with Crippen LogP contribution in [0.25, 0.3) is 0 Å². The van der Waals surface area contributed by atoms with Gasteiger partial charge in [-0.15, -0.1) is 0 Å². The third kappa shape index (κ3) is 5.39. The van der Waals surface area contributed by atoms with Crippen LogP contribution in [0.4, 0.5) is 0 Å². The molecule has 1 atom stereocenters. The number of hydrogen-bond donors (Lipinski definition) is 1. The minimum atomic E-state index is -0.185. The Bertz CT molecular complexity index is 254. The first kappa shape index (κ1) is 13.4.